The third kappa shape index (κ3) is 3.13. The summed E-state index contributed by atoms with van der Waals surface area (Å²) in [5.74, 6) is 0. The summed E-state index contributed by atoms with van der Waals surface area (Å²) in [5, 5.41) is -0.343. The predicted molar refractivity (Wildman–Crippen MR) is 79.8 cm³/mol. The SMILES string of the molecule is CC(c1cccc(N)c1)N(C)S(=O)(=O)C1CCOCC1. The summed E-state index contributed by atoms with van der Waals surface area (Å²) in [7, 11) is -1.67. The maximum Gasteiger partial charge on any atom is 0.217 e. The summed E-state index contributed by atoms with van der Waals surface area (Å²) in [5.41, 5.74) is 7.31. The van der Waals surface area contributed by atoms with E-state index in [1.165, 1.54) is 4.31 Å². The van der Waals surface area contributed by atoms with Gasteiger partial charge >= 0.3 is 0 Å². The second-order valence-electron chi connectivity index (χ2n) is 5.22. The number of benzene rings is 1. The Morgan fingerprint density at radius 3 is 2.60 bits per heavy atom. The quantitative estimate of drug-likeness (QED) is 0.860. The fourth-order valence-electron chi connectivity index (χ4n) is 2.46. The van der Waals surface area contributed by atoms with Gasteiger partial charge in [0.15, 0.2) is 0 Å². The third-order valence-corrected chi connectivity index (χ3v) is 6.36. The number of nitrogens with two attached hydrogens (primary N) is 1. The van der Waals surface area contributed by atoms with Gasteiger partial charge in [0.05, 0.1) is 5.25 Å². The van der Waals surface area contributed by atoms with Crippen LogP contribution >= 0.6 is 0 Å². The number of sulfonamides is 1. The fraction of sp³-hybridized carbons (Fsp3) is 0.571. The van der Waals surface area contributed by atoms with E-state index >= 15 is 0 Å². The van der Waals surface area contributed by atoms with Crippen molar-refractivity contribution in [1.82, 2.24) is 4.31 Å². The van der Waals surface area contributed by atoms with Crippen molar-refractivity contribution < 1.29 is 13.2 Å². The van der Waals surface area contributed by atoms with Gasteiger partial charge in [-0.2, -0.15) is 4.31 Å². The lowest BCUT2D eigenvalue weighted by atomic mass is 10.1. The van der Waals surface area contributed by atoms with Crippen molar-refractivity contribution in [2.75, 3.05) is 26.0 Å². The molecular formula is C14H22N2O3S. The molecule has 5 nitrogen and oxygen atoms in total. The summed E-state index contributed by atoms with van der Waals surface area (Å²) in [6, 6.07) is 7.13. The number of hydrogen-bond donors (Lipinski definition) is 1. The van der Waals surface area contributed by atoms with Crippen molar-refractivity contribution in [3.8, 4) is 0 Å². The van der Waals surface area contributed by atoms with Gasteiger partial charge in [0.25, 0.3) is 0 Å². The van der Waals surface area contributed by atoms with Gasteiger partial charge in [-0.25, -0.2) is 8.42 Å². The molecule has 6 heteroatoms. The Hall–Kier alpha value is -1.11. The maximum atomic E-state index is 12.6. The smallest absolute Gasteiger partial charge is 0.217 e. The lowest BCUT2D eigenvalue weighted by Crippen LogP contribution is -2.40. The Labute approximate surface area is 120 Å². The highest BCUT2D eigenvalue weighted by atomic mass is 32.2. The molecule has 1 aliphatic rings. The van der Waals surface area contributed by atoms with Gasteiger partial charge in [0, 0.05) is 32.0 Å². The molecule has 0 amide bonds. The minimum Gasteiger partial charge on any atom is -0.399 e. The van der Waals surface area contributed by atoms with E-state index in [2.05, 4.69) is 0 Å². The topological polar surface area (TPSA) is 72.6 Å². The highest BCUT2D eigenvalue weighted by Gasteiger charge is 2.34. The van der Waals surface area contributed by atoms with Crippen molar-refractivity contribution in [2.45, 2.75) is 31.1 Å². The second kappa shape index (κ2) is 6.11. The van der Waals surface area contributed by atoms with E-state index in [0.29, 0.717) is 31.7 Å². The molecule has 0 saturated carbocycles. The van der Waals surface area contributed by atoms with Crippen molar-refractivity contribution in [1.29, 1.82) is 0 Å². The molecule has 1 fully saturated rings. The van der Waals surface area contributed by atoms with Crippen molar-refractivity contribution >= 4 is 15.7 Å². The van der Waals surface area contributed by atoms with Crippen LogP contribution in [0.15, 0.2) is 24.3 Å². The van der Waals surface area contributed by atoms with Crippen LogP contribution in [0.25, 0.3) is 0 Å². The van der Waals surface area contributed by atoms with E-state index in [-0.39, 0.29) is 11.3 Å². The molecule has 1 aromatic rings. The molecule has 0 aliphatic carbocycles. The summed E-state index contributed by atoms with van der Waals surface area (Å²) in [6.45, 7) is 2.92. The van der Waals surface area contributed by atoms with Crippen LogP contribution in [-0.2, 0) is 14.8 Å². The number of ether oxygens (including phenoxy) is 1. The van der Waals surface area contributed by atoms with E-state index in [1.807, 2.05) is 25.1 Å². The van der Waals surface area contributed by atoms with E-state index in [9.17, 15) is 8.42 Å². The van der Waals surface area contributed by atoms with Crippen LogP contribution in [0.3, 0.4) is 0 Å². The molecule has 1 saturated heterocycles. The molecule has 112 valence electrons. The zero-order valence-corrected chi connectivity index (χ0v) is 12.8. The normalized spacial score (nSPS) is 19.1. The molecule has 1 atom stereocenters. The fourth-order valence-corrected chi connectivity index (χ4v) is 4.28. The monoisotopic (exact) mass is 298 g/mol. The average molecular weight is 298 g/mol. The number of nitrogen functional groups attached to an aromatic ring is 1. The molecule has 0 radical (unpaired) electrons. The van der Waals surface area contributed by atoms with Crippen LogP contribution in [0.2, 0.25) is 0 Å². The predicted octanol–water partition coefficient (Wildman–Crippen LogP) is 1.77. The van der Waals surface area contributed by atoms with E-state index in [4.69, 9.17) is 10.5 Å². The number of nitrogens with zero attached hydrogens (tertiary/aromatic N) is 1. The lowest BCUT2D eigenvalue weighted by Gasteiger charge is -2.31. The van der Waals surface area contributed by atoms with Gasteiger partial charge in [-0.15, -0.1) is 0 Å². The standard InChI is InChI=1S/C14H22N2O3S/c1-11(12-4-3-5-13(15)10-12)16(2)20(17,18)14-6-8-19-9-7-14/h3-5,10-11,14H,6-9,15H2,1-2H3. The van der Waals surface area contributed by atoms with Crippen LogP contribution < -0.4 is 5.73 Å². The first kappa shape index (κ1) is 15.3. The zero-order valence-electron chi connectivity index (χ0n) is 12.0. The molecule has 1 aromatic carbocycles. The summed E-state index contributed by atoms with van der Waals surface area (Å²) < 4.78 is 31.9. The van der Waals surface area contributed by atoms with E-state index in [1.54, 1.807) is 13.1 Å². The summed E-state index contributed by atoms with van der Waals surface area (Å²) >= 11 is 0. The van der Waals surface area contributed by atoms with Gasteiger partial charge in [0.1, 0.15) is 0 Å². The third-order valence-electron chi connectivity index (χ3n) is 3.93. The molecule has 2 N–H and O–H groups in total. The van der Waals surface area contributed by atoms with Crippen molar-refractivity contribution in [3.05, 3.63) is 29.8 Å². The van der Waals surface area contributed by atoms with Crippen LogP contribution in [-0.4, -0.2) is 38.2 Å². The minimum absolute atomic E-state index is 0.230. The highest BCUT2D eigenvalue weighted by molar-refractivity contribution is 7.89. The average Bonchev–Trinajstić information content (AvgIpc) is 2.46. The Kier molecular flexibility index (Phi) is 4.67. The molecule has 0 aromatic heterocycles. The second-order valence-corrected chi connectivity index (χ2v) is 7.49. The zero-order chi connectivity index (χ0) is 14.8. The molecular weight excluding hydrogens is 276 g/mol. The molecule has 0 spiro atoms. The van der Waals surface area contributed by atoms with Gasteiger partial charge < -0.3 is 10.5 Å². The van der Waals surface area contributed by atoms with Gasteiger partial charge in [-0.1, -0.05) is 12.1 Å². The number of rotatable bonds is 4. The van der Waals surface area contributed by atoms with Crippen molar-refractivity contribution in [3.63, 3.8) is 0 Å². The molecule has 1 heterocycles. The largest absolute Gasteiger partial charge is 0.399 e. The first-order valence-corrected chi connectivity index (χ1v) is 8.33. The Bertz CT molecular complexity index is 553. The molecule has 0 bridgehead atoms. The first-order valence-electron chi connectivity index (χ1n) is 6.83. The van der Waals surface area contributed by atoms with Crippen LogP contribution in [0, 0.1) is 0 Å². The highest BCUT2D eigenvalue weighted by Crippen LogP contribution is 2.27. The van der Waals surface area contributed by atoms with Crippen molar-refractivity contribution in [2.24, 2.45) is 0 Å². The molecule has 2 rings (SSSR count). The molecule has 20 heavy (non-hydrogen) atoms. The molecule has 1 unspecified atom stereocenters. The number of anilines is 1. The Morgan fingerprint density at radius 1 is 1.35 bits per heavy atom. The van der Waals surface area contributed by atoms with Gasteiger partial charge in [0.2, 0.25) is 10.0 Å². The Balaban J connectivity index is 2.18. The van der Waals surface area contributed by atoms with Crippen LogP contribution in [0.5, 0.6) is 0 Å². The Morgan fingerprint density at radius 2 is 2.00 bits per heavy atom. The number of hydrogen-bond acceptors (Lipinski definition) is 4. The minimum atomic E-state index is -3.31. The van der Waals surface area contributed by atoms with E-state index < -0.39 is 10.0 Å². The van der Waals surface area contributed by atoms with Crippen LogP contribution in [0.1, 0.15) is 31.4 Å². The first-order chi connectivity index (χ1) is 9.43. The van der Waals surface area contributed by atoms with E-state index in [0.717, 1.165) is 5.56 Å². The van der Waals surface area contributed by atoms with Gasteiger partial charge in [-0.3, -0.25) is 0 Å². The lowest BCUT2D eigenvalue weighted by molar-refractivity contribution is 0.0971. The summed E-state index contributed by atoms with van der Waals surface area (Å²) in [4.78, 5) is 0. The summed E-state index contributed by atoms with van der Waals surface area (Å²) in [6.07, 6.45) is 1.13. The molecule has 1 aliphatic heterocycles. The van der Waals surface area contributed by atoms with Gasteiger partial charge in [-0.05, 0) is 37.5 Å². The van der Waals surface area contributed by atoms with Crippen LogP contribution in [0.4, 0.5) is 5.69 Å². The maximum absolute atomic E-state index is 12.6.